The van der Waals surface area contributed by atoms with Gasteiger partial charge >= 0.3 is 0 Å². The van der Waals surface area contributed by atoms with Crippen LogP contribution in [0.2, 0.25) is 0 Å². The molecule has 1 N–H and O–H groups in total. The molecule has 0 radical (unpaired) electrons. The maximum absolute atomic E-state index is 13.7. The minimum absolute atomic E-state index is 0.0110. The number of fused-ring (bicyclic) bond motifs is 3. The minimum Gasteiger partial charge on any atom is -0.396 e. The molecule has 2 aliphatic rings. The zero-order valence-electron chi connectivity index (χ0n) is 16.9. The molecule has 0 spiro atoms. The van der Waals surface area contributed by atoms with Crippen LogP contribution in [0, 0.1) is 0 Å². The molecule has 2 heterocycles. The highest BCUT2D eigenvalue weighted by Gasteiger charge is 2.52. The smallest absolute Gasteiger partial charge is 0.268 e. The molecule has 0 aromatic heterocycles. The molecule has 0 saturated carbocycles. The van der Waals surface area contributed by atoms with E-state index in [0.717, 1.165) is 13.0 Å². The number of hydrogen-bond donors (Lipinski definition) is 1. The maximum Gasteiger partial charge on any atom is 0.268 e. The quantitative estimate of drug-likeness (QED) is 0.717. The summed E-state index contributed by atoms with van der Waals surface area (Å²) in [6, 6.07) is 28.5. The standard InChI is InChI=1S/C26H26N2O2/c29-18-16-23-24(20-10-3-1-4-11-20)25-22-14-8-7-9-19(22)15-17-27(25)28(23)26(30)21-12-5-2-6-13-21/h1-14,23-25,29H,15-18H2/t23-,24-,25+/m0/s1. The van der Waals surface area contributed by atoms with Crippen molar-refractivity contribution in [1.82, 2.24) is 10.0 Å². The average Bonchev–Trinajstić information content (AvgIpc) is 3.14. The molecule has 1 saturated heterocycles. The first-order chi connectivity index (χ1) is 14.8. The third kappa shape index (κ3) is 3.13. The summed E-state index contributed by atoms with van der Waals surface area (Å²) in [5.74, 6) is 0.115. The van der Waals surface area contributed by atoms with Crippen molar-refractivity contribution in [2.45, 2.75) is 30.8 Å². The van der Waals surface area contributed by atoms with Gasteiger partial charge in [0.05, 0.1) is 12.1 Å². The Morgan fingerprint density at radius 2 is 1.57 bits per heavy atom. The molecule has 30 heavy (non-hydrogen) atoms. The van der Waals surface area contributed by atoms with Crippen molar-refractivity contribution in [3.63, 3.8) is 0 Å². The van der Waals surface area contributed by atoms with E-state index < -0.39 is 0 Å². The topological polar surface area (TPSA) is 43.8 Å². The number of carbonyl (C=O) groups excluding carboxylic acids is 1. The monoisotopic (exact) mass is 398 g/mol. The fraction of sp³-hybridized carbons (Fsp3) is 0.269. The molecule has 152 valence electrons. The lowest BCUT2D eigenvalue weighted by Crippen LogP contribution is -2.48. The third-order valence-corrected chi connectivity index (χ3v) is 6.49. The van der Waals surface area contributed by atoms with E-state index in [1.165, 1.54) is 16.7 Å². The summed E-state index contributed by atoms with van der Waals surface area (Å²) in [4.78, 5) is 13.7. The number of nitrogens with zero attached hydrogens (tertiary/aromatic N) is 2. The molecule has 2 aliphatic heterocycles. The van der Waals surface area contributed by atoms with Crippen molar-refractivity contribution in [1.29, 1.82) is 0 Å². The zero-order valence-corrected chi connectivity index (χ0v) is 16.9. The van der Waals surface area contributed by atoms with Crippen molar-refractivity contribution in [2.24, 2.45) is 0 Å². The Labute approximate surface area is 177 Å². The number of hydrazine groups is 1. The molecule has 5 rings (SSSR count). The number of rotatable bonds is 4. The van der Waals surface area contributed by atoms with Gasteiger partial charge in [-0.25, -0.2) is 5.01 Å². The highest BCUT2D eigenvalue weighted by molar-refractivity contribution is 5.94. The van der Waals surface area contributed by atoms with Crippen LogP contribution in [0.1, 0.15) is 45.4 Å². The Hall–Kier alpha value is -2.95. The first-order valence-electron chi connectivity index (χ1n) is 10.7. The molecule has 3 aromatic carbocycles. The van der Waals surface area contributed by atoms with Gasteiger partial charge in [0.1, 0.15) is 0 Å². The van der Waals surface area contributed by atoms with E-state index in [-0.39, 0.29) is 30.5 Å². The predicted molar refractivity (Wildman–Crippen MR) is 117 cm³/mol. The third-order valence-electron chi connectivity index (χ3n) is 6.49. The van der Waals surface area contributed by atoms with Crippen LogP contribution in [0.4, 0.5) is 0 Å². The summed E-state index contributed by atoms with van der Waals surface area (Å²) in [7, 11) is 0. The van der Waals surface area contributed by atoms with Crippen molar-refractivity contribution >= 4 is 5.91 Å². The summed E-state index contributed by atoms with van der Waals surface area (Å²) in [5, 5.41) is 14.1. The molecule has 1 amide bonds. The summed E-state index contributed by atoms with van der Waals surface area (Å²) in [6.45, 7) is 0.848. The van der Waals surface area contributed by atoms with Gasteiger partial charge in [0, 0.05) is 24.6 Å². The number of hydrogen-bond acceptors (Lipinski definition) is 3. The van der Waals surface area contributed by atoms with Crippen molar-refractivity contribution in [3.05, 3.63) is 107 Å². The van der Waals surface area contributed by atoms with E-state index >= 15 is 0 Å². The van der Waals surface area contributed by atoms with Crippen LogP contribution in [0.15, 0.2) is 84.9 Å². The maximum atomic E-state index is 13.7. The van der Waals surface area contributed by atoms with Crippen LogP contribution >= 0.6 is 0 Å². The summed E-state index contributed by atoms with van der Waals surface area (Å²) in [5.41, 5.74) is 4.55. The van der Waals surface area contributed by atoms with Gasteiger partial charge in [0.2, 0.25) is 0 Å². The zero-order chi connectivity index (χ0) is 20.5. The largest absolute Gasteiger partial charge is 0.396 e. The predicted octanol–water partition coefficient (Wildman–Crippen LogP) is 4.19. The Bertz CT molecular complexity index is 1020. The van der Waals surface area contributed by atoms with Gasteiger partial charge in [-0.1, -0.05) is 72.8 Å². The number of benzene rings is 3. The van der Waals surface area contributed by atoms with Gasteiger partial charge in [-0.3, -0.25) is 9.80 Å². The van der Waals surface area contributed by atoms with Crippen molar-refractivity contribution in [2.75, 3.05) is 13.2 Å². The van der Waals surface area contributed by atoms with E-state index in [9.17, 15) is 9.90 Å². The van der Waals surface area contributed by atoms with E-state index in [0.29, 0.717) is 12.0 Å². The van der Waals surface area contributed by atoms with Gasteiger partial charge in [-0.2, -0.15) is 0 Å². The van der Waals surface area contributed by atoms with Gasteiger partial charge < -0.3 is 5.11 Å². The lowest BCUT2D eigenvalue weighted by atomic mass is 9.79. The molecule has 0 bridgehead atoms. The first kappa shape index (κ1) is 19.0. The van der Waals surface area contributed by atoms with Crippen molar-refractivity contribution < 1.29 is 9.90 Å². The molecule has 1 fully saturated rings. The molecule has 4 heteroatoms. The fourth-order valence-corrected chi connectivity index (χ4v) is 5.25. The van der Waals surface area contributed by atoms with Crippen LogP contribution < -0.4 is 0 Å². The average molecular weight is 399 g/mol. The van der Waals surface area contributed by atoms with E-state index in [2.05, 4.69) is 53.5 Å². The second-order valence-electron chi connectivity index (χ2n) is 8.09. The normalized spacial score (nSPS) is 23.1. The minimum atomic E-state index is -0.0961. The summed E-state index contributed by atoms with van der Waals surface area (Å²) in [6.07, 6.45) is 1.46. The fourth-order valence-electron chi connectivity index (χ4n) is 5.25. The summed E-state index contributed by atoms with van der Waals surface area (Å²) >= 11 is 0. The van der Waals surface area contributed by atoms with Crippen LogP contribution in [0.3, 0.4) is 0 Å². The number of aliphatic hydroxyl groups excluding tert-OH is 1. The molecule has 3 aromatic rings. The molecule has 4 nitrogen and oxygen atoms in total. The van der Waals surface area contributed by atoms with E-state index in [1.807, 2.05) is 41.4 Å². The SMILES string of the molecule is O=C(c1ccccc1)N1[C@@H](CCO)[C@H](c2ccccc2)[C@H]2c3ccccc3CCN21. The molecular formula is C26H26N2O2. The molecule has 3 atom stereocenters. The Balaban J connectivity index is 1.66. The summed E-state index contributed by atoms with van der Waals surface area (Å²) < 4.78 is 0. The number of aliphatic hydroxyl groups is 1. The van der Waals surface area contributed by atoms with Crippen molar-refractivity contribution in [3.8, 4) is 0 Å². The van der Waals surface area contributed by atoms with E-state index in [4.69, 9.17) is 0 Å². The molecule has 0 aliphatic carbocycles. The second kappa shape index (κ2) is 8.05. The molecule has 0 unspecified atom stereocenters. The first-order valence-corrected chi connectivity index (χ1v) is 10.7. The van der Waals surface area contributed by atoms with Crippen LogP contribution in [0.5, 0.6) is 0 Å². The lowest BCUT2D eigenvalue weighted by Gasteiger charge is -2.38. The molecular weight excluding hydrogens is 372 g/mol. The lowest BCUT2D eigenvalue weighted by molar-refractivity contribution is -0.0182. The van der Waals surface area contributed by atoms with Gasteiger partial charge in [0.15, 0.2) is 0 Å². The highest BCUT2D eigenvalue weighted by atomic mass is 16.3. The van der Waals surface area contributed by atoms with E-state index in [1.54, 1.807) is 0 Å². The van der Waals surface area contributed by atoms with Gasteiger partial charge in [-0.15, -0.1) is 0 Å². The van der Waals surface area contributed by atoms with Crippen LogP contribution in [-0.4, -0.2) is 40.2 Å². The highest BCUT2D eigenvalue weighted by Crippen LogP contribution is 2.51. The number of carbonyl (C=O) groups is 1. The van der Waals surface area contributed by atoms with Crippen LogP contribution in [-0.2, 0) is 6.42 Å². The second-order valence-corrected chi connectivity index (χ2v) is 8.09. The Morgan fingerprint density at radius 3 is 2.30 bits per heavy atom. The Morgan fingerprint density at radius 1 is 0.900 bits per heavy atom. The van der Waals surface area contributed by atoms with Gasteiger partial charge in [-0.05, 0) is 41.7 Å². The number of amides is 1. The van der Waals surface area contributed by atoms with Crippen LogP contribution in [0.25, 0.3) is 0 Å². The Kier molecular flexibility index (Phi) is 5.11. The van der Waals surface area contributed by atoms with Gasteiger partial charge in [0.25, 0.3) is 5.91 Å².